The van der Waals surface area contributed by atoms with Gasteiger partial charge in [0.15, 0.2) is 0 Å². The zero-order chi connectivity index (χ0) is 9.19. The molecule has 2 N–H and O–H groups in total. The minimum Gasteiger partial charge on any atom is -0.330 e. The van der Waals surface area contributed by atoms with Crippen LogP contribution in [0.5, 0.6) is 0 Å². The first kappa shape index (κ1) is 9.75. The largest absolute Gasteiger partial charge is 0.330 e. The number of hydrogen-bond donors (Lipinski definition) is 1. The number of likely N-dealkylation sites (tertiary alicyclic amines) is 1. The summed E-state index contributed by atoms with van der Waals surface area (Å²) < 4.78 is 0. The molecule has 1 saturated heterocycles. The lowest BCUT2D eigenvalue weighted by Crippen LogP contribution is -2.44. The Kier molecular flexibility index (Phi) is 2.91. The summed E-state index contributed by atoms with van der Waals surface area (Å²) in [4.78, 5) is 2.46. The van der Waals surface area contributed by atoms with Crippen molar-refractivity contribution in [3.63, 3.8) is 0 Å². The molecule has 0 spiro atoms. The second kappa shape index (κ2) is 3.58. The highest BCUT2D eigenvalue weighted by Gasteiger charge is 2.39. The second-order valence-corrected chi connectivity index (χ2v) is 4.11. The van der Waals surface area contributed by atoms with Crippen LogP contribution in [0.4, 0.5) is 0 Å². The van der Waals surface area contributed by atoms with Crippen LogP contribution in [0.3, 0.4) is 0 Å². The molecule has 0 aliphatic carbocycles. The van der Waals surface area contributed by atoms with E-state index in [4.69, 9.17) is 5.73 Å². The van der Waals surface area contributed by atoms with Crippen LogP contribution in [-0.2, 0) is 0 Å². The summed E-state index contributed by atoms with van der Waals surface area (Å²) in [5.41, 5.74) is 5.98. The fourth-order valence-corrected chi connectivity index (χ4v) is 2.10. The van der Waals surface area contributed by atoms with Gasteiger partial charge in [-0.3, -0.25) is 4.90 Å². The van der Waals surface area contributed by atoms with Gasteiger partial charge in [0.1, 0.15) is 0 Å². The Labute approximate surface area is 75.4 Å². The quantitative estimate of drug-likeness (QED) is 0.642. The third-order valence-corrected chi connectivity index (χ3v) is 3.20. The minimum absolute atomic E-state index is 0.267. The highest BCUT2D eigenvalue weighted by molar-refractivity contribution is 4.97. The highest BCUT2D eigenvalue weighted by atomic mass is 15.2. The molecule has 1 unspecified atom stereocenters. The van der Waals surface area contributed by atoms with Gasteiger partial charge in [0.05, 0.1) is 0 Å². The fourth-order valence-electron chi connectivity index (χ4n) is 2.10. The SMILES string of the molecule is C=CCN1CCC(CN)C1(C)C. The smallest absolute Gasteiger partial charge is 0.0197 e. The van der Waals surface area contributed by atoms with Gasteiger partial charge in [-0.05, 0) is 39.3 Å². The third-order valence-electron chi connectivity index (χ3n) is 3.20. The van der Waals surface area contributed by atoms with Crippen LogP contribution in [0, 0.1) is 5.92 Å². The van der Waals surface area contributed by atoms with Crippen LogP contribution in [-0.4, -0.2) is 30.1 Å². The molecule has 1 fully saturated rings. The summed E-state index contributed by atoms with van der Waals surface area (Å²) in [7, 11) is 0. The number of rotatable bonds is 3. The lowest BCUT2D eigenvalue weighted by molar-refractivity contribution is 0.157. The molecular weight excluding hydrogens is 148 g/mol. The van der Waals surface area contributed by atoms with Crippen molar-refractivity contribution in [1.29, 1.82) is 0 Å². The zero-order valence-corrected chi connectivity index (χ0v) is 8.21. The van der Waals surface area contributed by atoms with Gasteiger partial charge in [0.25, 0.3) is 0 Å². The van der Waals surface area contributed by atoms with Crippen LogP contribution in [0.15, 0.2) is 12.7 Å². The van der Waals surface area contributed by atoms with Crippen LogP contribution < -0.4 is 5.73 Å². The van der Waals surface area contributed by atoms with Crippen molar-refractivity contribution in [2.45, 2.75) is 25.8 Å². The molecule has 0 aromatic heterocycles. The van der Waals surface area contributed by atoms with Crippen LogP contribution in [0.1, 0.15) is 20.3 Å². The predicted molar refractivity (Wildman–Crippen MR) is 53.0 cm³/mol. The van der Waals surface area contributed by atoms with E-state index in [1.54, 1.807) is 0 Å². The maximum atomic E-state index is 5.72. The van der Waals surface area contributed by atoms with E-state index < -0.39 is 0 Å². The Morgan fingerprint density at radius 1 is 1.67 bits per heavy atom. The van der Waals surface area contributed by atoms with Gasteiger partial charge in [-0.1, -0.05) is 6.08 Å². The van der Waals surface area contributed by atoms with Crippen molar-refractivity contribution in [3.8, 4) is 0 Å². The molecule has 2 heteroatoms. The summed E-state index contributed by atoms with van der Waals surface area (Å²) in [5, 5.41) is 0. The van der Waals surface area contributed by atoms with Crippen molar-refractivity contribution < 1.29 is 0 Å². The van der Waals surface area contributed by atoms with E-state index in [-0.39, 0.29) is 5.54 Å². The first-order valence-corrected chi connectivity index (χ1v) is 4.69. The molecule has 1 rings (SSSR count). The van der Waals surface area contributed by atoms with Crippen LogP contribution >= 0.6 is 0 Å². The Balaban J connectivity index is 2.63. The van der Waals surface area contributed by atoms with Crippen molar-refractivity contribution in [3.05, 3.63) is 12.7 Å². The molecular formula is C10H20N2. The average Bonchev–Trinajstić information content (AvgIpc) is 2.28. The van der Waals surface area contributed by atoms with Gasteiger partial charge < -0.3 is 5.73 Å². The van der Waals surface area contributed by atoms with E-state index in [1.807, 2.05) is 6.08 Å². The summed E-state index contributed by atoms with van der Waals surface area (Å²) in [5.74, 6) is 0.650. The third kappa shape index (κ3) is 1.54. The summed E-state index contributed by atoms with van der Waals surface area (Å²) in [6.45, 7) is 11.3. The molecule has 0 saturated carbocycles. The van der Waals surface area contributed by atoms with Gasteiger partial charge in [0, 0.05) is 12.1 Å². The molecule has 0 bridgehead atoms. The first-order chi connectivity index (χ1) is 5.62. The van der Waals surface area contributed by atoms with Crippen molar-refractivity contribution >= 4 is 0 Å². The Morgan fingerprint density at radius 2 is 2.33 bits per heavy atom. The summed E-state index contributed by atoms with van der Waals surface area (Å²) in [6, 6.07) is 0. The van der Waals surface area contributed by atoms with Gasteiger partial charge in [-0.15, -0.1) is 6.58 Å². The molecule has 2 nitrogen and oxygen atoms in total. The molecule has 1 atom stereocenters. The molecule has 12 heavy (non-hydrogen) atoms. The lowest BCUT2D eigenvalue weighted by atomic mass is 9.88. The molecule has 0 radical (unpaired) electrons. The predicted octanol–water partition coefficient (Wildman–Crippen LogP) is 1.23. The van der Waals surface area contributed by atoms with Crippen LogP contribution in [0.25, 0.3) is 0 Å². The fraction of sp³-hybridized carbons (Fsp3) is 0.800. The van der Waals surface area contributed by atoms with Gasteiger partial charge >= 0.3 is 0 Å². The Bertz CT molecular complexity index is 163. The van der Waals surface area contributed by atoms with Gasteiger partial charge in [0.2, 0.25) is 0 Å². The Morgan fingerprint density at radius 3 is 2.75 bits per heavy atom. The van der Waals surface area contributed by atoms with E-state index in [9.17, 15) is 0 Å². The molecule has 1 aliphatic rings. The van der Waals surface area contributed by atoms with Crippen molar-refractivity contribution in [2.75, 3.05) is 19.6 Å². The standard InChI is InChI=1S/C10H20N2/c1-4-6-12-7-5-9(8-11)10(12,2)3/h4,9H,1,5-8,11H2,2-3H3. The molecule has 1 aliphatic heterocycles. The number of hydrogen-bond acceptors (Lipinski definition) is 2. The summed E-state index contributed by atoms with van der Waals surface area (Å²) >= 11 is 0. The number of nitrogens with two attached hydrogens (primary N) is 1. The maximum Gasteiger partial charge on any atom is 0.0197 e. The lowest BCUT2D eigenvalue weighted by Gasteiger charge is -2.35. The molecule has 0 aromatic rings. The normalized spacial score (nSPS) is 29.1. The molecule has 0 amide bonds. The summed E-state index contributed by atoms with van der Waals surface area (Å²) in [6.07, 6.45) is 3.21. The minimum atomic E-state index is 0.267. The second-order valence-electron chi connectivity index (χ2n) is 4.11. The van der Waals surface area contributed by atoms with Crippen molar-refractivity contribution in [2.24, 2.45) is 11.7 Å². The monoisotopic (exact) mass is 168 g/mol. The van der Waals surface area contributed by atoms with Gasteiger partial charge in [-0.2, -0.15) is 0 Å². The van der Waals surface area contributed by atoms with E-state index in [1.165, 1.54) is 13.0 Å². The van der Waals surface area contributed by atoms with E-state index in [2.05, 4.69) is 25.3 Å². The van der Waals surface area contributed by atoms with Crippen molar-refractivity contribution in [1.82, 2.24) is 4.90 Å². The zero-order valence-electron chi connectivity index (χ0n) is 8.21. The van der Waals surface area contributed by atoms with E-state index >= 15 is 0 Å². The topological polar surface area (TPSA) is 29.3 Å². The van der Waals surface area contributed by atoms with Crippen LogP contribution in [0.2, 0.25) is 0 Å². The van der Waals surface area contributed by atoms with E-state index in [0.29, 0.717) is 5.92 Å². The number of nitrogens with zero attached hydrogens (tertiary/aromatic N) is 1. The van der Waals surface area contributed by atoms with E-state index in [0.717, 1.165) is 13.1 Å². The average molecular weight is 168 g/mol. The first-order valence-electron chi connectivity index (χ1n) is 4.69. The Hall–Kier alpha value is -0.340. The van der Waals surface area contributed by atoms with Gasteiger partial charge in [-0.25, -0.2) is 0 Å². The molecule has 70 valence electrons. The molecule has 0 aromatic carbocycles. The highest BCUT2D eigenvalue weighted by Crippen LogP contribution is 2.33. The molecule has 1 heterocycles. The maximum absolute atomic E-state index is 5.72.